The van der Waals surface area contributed by atoms with E-state index < -0.39 is 107 Å². The predicted octanol–water partition coefficient (Wildman–Crippen LogP) is -1.73. The van der Waals surface area contributed by atoms with Crippen LogP contribution in [0.15, 0.2) is 41.8 Å². The van der Waals surface area contributed by atoms with Gasteiger partial charge in [-0.25, -0.2) is 4.98 Å². The van der Waals surface area contributed by atoms with Gasteiger partial charge in [0.2, 0.25) is 41.4 Å². The number of carbonyl (C=O) groups is 8. The minimum Gasteiger partial charge on any atom is -0.508 e. The molecule has 0 spiro atoms. The van der Waals surface area contributed by atoms with Crippen LogP contribution in [0.4, 0.5) is 0 Å². The monoisotopic (exact) mass is 940 g/mol. The smallest absolute Gasteiger partial charge is 0.325 e. The second kappa shape index (κ2) is 26.4. The van der Waals surface area contributed by atoms with Gasteiger partial charge in [-0.1, -0.05) is 46.2 Å². The fourth-order valence-electron chi connectivity index (χ4n) is 7.24. The largest absolute Gasteiger partial charge is 0.508 e. The number of amides is 7. The highest BCUT2D eigenvalue weighted by Crippen LogP contribution is 2.21. The summed E-state index contributed by atoms with van der Waals surface area (Å²) in [4.78, 5) is 121. The van der Waals surface area contributed by atoms with Crippen molar-refractivity contribution in [3.05, 3.63) is 48.0 Å². The summed E-state index contributed by atoms with van der Waals surface area (Å²) in [6.45, 7) is 10.2. The fourth-order valence-corrected chi connectivity index (χ4v) is 7.24. The van der Waals surface area contributed by atoms with E-state index in [1.165, 1.54) is 36.5 Å². The molecule has 2 aromatic rings. The number of phenols is 1. The van der Waals surface area contributed by atoms with Crippen LogP contribution < -0.4 is 48.7 Å². The van der Waals surface area contributed by atoms with Gasteiger partial charge >= 0.3 is 5.97 Å². The zero-order valence-corrected chi connectivity index (χ0v) is 39.3. The number of rotatable bonds is 26. The third-order valence-electron chi connectivity index (χ3n) is 11.6. The number of carboxylic acids is 1. The van der Waals surface area contributed by atoms with Gasteiger partial charge in [0.15, 0.2) is 5.96 Å². The molecule has 7 amide bonds. The van der Waals surface area contributed by atoms with Gasteiger partial charge in [-0.05, 0) is 76.1 Å². The zero-order valence-electron chi connectivity index (χ0n) is 39.3. The quantitative estimate of drug-likeness (QED) is 0.0284. The highest BCUT2D eigenvalue weighted by molar-refractivity contribution is 5.98. The molecule has 14 N–H and O–H groups in total. The third-order valence-corrected chi connectivity index (χ3v) is 11.6. The summed E-state index contributed by atoms with van der Waals surface area (Å²) in [6.07, 6.45) is 4.23. The van der Waals surface area contributed by atoms with E-state index in [9.17, 15) is 48.6 Å². The number of aliphatic carboxylic acids is 1. The molecule has 67 heavy (non-hydrogen) atoms. The number of nitrogens with zero attached hydrogens (tertiary/aromatic N) is 3. The van der Waals surface area contributed by atoms with E-state index >= 15 is 0 Å². The minimum absolute atomic E-state index is 0.0381. The van der Waals surface area contributed by atoms with Crippen molar-refractivity contribution in [2.24, 2.45) is 28.3 Å². The number of H-pyrrole nitrogens is 1. The van der Waals surface area contributed by atoms with Crippen molar-refractivity contribution in [1.82, 2.24) is 52.1 Å². The highest BCUT2D eigenvalue weighted by atomic mass is 16.4. The molecule has 2 heterocycles. The number of likely N-dealkylation sites (N-methyl/N-ethyl adjacent to an activating group) is 1. The number of aromatic hydroxyl groups is 1. The molecule has 1 aliphatic heterocycles. The number of aromatic nitrogens is 2. The Kier molecular flexibility index (Phi) is 21.5. The van der Waals surface area contributed by atoms with Gasteiger partial charge in [0, 0.05) is 37.8 Å². The average molecular weight is 940 g/mol. The second-order valence-electron chi connectivity index (χ2n) is 17.2. The number of imidazole rings is 1. The van der Waals surface area contributed by atoms with Crippen LogP contribution in [0.1, 0.15) is 84.9 Å². The Morgan fingerprint density at radius 2 is 1.42 bits per heavy atom. The van der Waals surface area contributed by atoms with E-state index in [1.54, 1.807) is 53.8 Å². The summed E-state index contributed by atoms with van der Waals surface area (Å²) in [6, 6.07) is -3.07. The van der Waals surface area contributed by atoms with E-state index in [0.717, 1.165) is 0 Å². The van der Waals surface area contributed by atoms with Crippen LogP contribution in [-0.4, -0.2) is 147 Å². The maximum atomic E-state index is 14.5. The standard InChI is InChI=1S/C44H69N13O10/c1-8-24(4)35(41(64)54-32(20-28-21-48-22-50-28)42(65)57-18-10-12-33(57)39(62)51-26(6)43(66)67)56-38(61)31(19-27-13-15-29(58)16-14-27)53-40(63)34(23(2)3)55-37(60)30(11-9-17-49-44(45)46)52-36(59)25(5)47-7/h13-16,21-26,30-35,47,58H,8-12,17-20H2,1-7H3,(H,48,50)(H,51,62)(H,52,59)(H,53,63)(H,54,64)(H,55,60)(H,56,61)(H,66,67)(H4,45,46,49)/t24-,25+,26+,30-,31-,32-,33-,34-,35-/m0/s1. The maximum absolute atomic E-state index is 14.5. The number of guanidine groups is 1. The van der Waals surface area contributed by atoms with Gasteiger partial charge in [0.25, 0.3) is 0 Å². The lowest BCUT2D eigenvalue weighted by atomic mass is 9.96. The Balaban J connectivity index is 1.92. The first-order chi connectivity index (χ1) is 31.7. The van der Waals surface area contributed by atoms with E-state index in [0.29, 0.717) is 30.5 Å². The van der Waals surface area contributed by atoms with Gasteiger partial charge in [-0.3, -0.25) is 43.3 Å². The van der Waals surface area contributed by atoms with Crippen LogP contribution in [0.5, 0.6) is 5.75 Å². The number of phenolic OH excluding ortho intramolecular Hbond substituents is 1. The number of nitrogens with two attached hydrogens (primary N) is 2. The Hall–Kier alpha value is -6.78. The zero-order chi connectivity index (χ0) is 50.0. The molecule has 1 aliphatic rings. The number of carbonyl (C=O) groups excluding carboxylic acids is 7. The number of hydrogen-bond donors (Lipinski definition) is 12. The Morgan fingerprint density at radius 3 is 2.00 bits per heavy atom. The fraction of sp³-hybridized carbons (Fsp3) is 0.591. The highest BCUT2D eigenvalue weighted by Gasteiger charge is 2.40. The molecular formula is C44H69N13O10. The minimum atomic E-state index is -1.35. The summed E-state index contributed by atoms with van der Waals surface area (Å²) in [5.41, 5.74) is 11.9. The lowest BCUT2D eigenvalue weighted by Crippen LogP contribution is -2.62. The summed E-state index contributed by atoms with van der Waals surface area (Å²) in [5, 5.41) is 38.3. The maximum Gasteiger partial charge on any atom is 0.325 e. The van der Waals surface area contributed by atoms with Gasteiger partial charge in [-0.2, -0.15) is 0 Å². The molecule has 1 aromatic heterocycles. The van der Waals surface area contributed by atoms with Crippen LogP contribution in [-0.2, 0) is 51.2 Å². The number of likely N-dealkylation sites (tertiary alicyclic amines) is 1. The van der Waals surface area contributed by atoms with Crippen molar-refractivity contribution in [2.45, 2.75) is 135 Å². The summed E-state index contributed by atoms with van der Waals surface area (Å²) in [5.74, 6) is -7.11. The SMILES string of the molecule is CC[C@H](C)[C@H](NC(=O)[C@H](Cc1ccc(O)cc1)NC(=O)[C@@H](NC(=O)[C@H](CCCN=C(N)N)NC(=O)[C@@H](C)NC)C(C)C)C(=O)N[C@@H](Cc1cnc[nH]1)C(=O)N1CCC[C@H]1C(=O)N[C@H](C)C(=O)O. The van der Waals surface area contributed by atoms with Crippen molar-refractivity contribution >= 4 is 53.3 Å². The first-order valence-corrected chi connectivity index (χ1v) is 22.5. The van der Waals surface area contributed by atoms with Crippen LogP contribution in [0.3, 0.4) is 0 Å². The van der Waals surface area contributed by atoms with E-state index in [2.05, 4.69) is 52.2 Å². The number of nitrogens with one attached hydrogen (secondary N) is 8. The molecule has 0 bridgehead atoms. The normalized spacial score (nSPS) is 17.0. The van der Waals surface area contributed by atoms with Crippen molar-refractivity contribution in [3.8, 4) is 5.75 Å². The summed E-state index contributed by atoms with van der Waals surface area (Å²) in [7, 11) is 1.59. The molecule has 0 aliphatic carbocycles. The van der Waals surface area contributed by atoms with E-state index in [-0.39, 0.29) is 50.5 Å². The predicted molar refractivity (Wildman–Crippen MR) is 246 cm³/mol. The summed E-state index contributed by atoms with van der Waals surface area (Å²) < 4.78 is 0. The van der Waals surface area contributed by atoms with Gasteiger partial charge in [0.05, 0.1) is 12.4 Å². The van der Waals surface area contributed by atoms with E-state index in [4.69, 9.17) is 11.5 Å². The molecule has 1 fully saturated rings. The number of aliphatic imine (C=N–C) groups is 1. The molecule has 3 rings (SSSR count). The van der Waals surface area contributed by atoms with Crippen LogP contribution in [0, 0.1) is 11.8 Å². The van der Waals surface area contributed by atoms with Gasteiger partial charge in [-0.15, -0.1) is 0 Å². The van der Waals surface area contributed by atoms with Crippen molar-refractivity contribution in [3.63, 3.8) is 0 Å². The van der Waals surface area contributed by atoms with E-state index in [1.807, 2.05) is 0 Å². The molecule has 0 saturated carbocycles. The van der Waals surface area contributed by atoms with Crippen LogP contribution in [0.25, 0.3) is 0 Å². The number of carboxylic acid groups (broad SMARTS) is 1. The summed E-state index contributed by atoms with van der Waals surface area (Å²) >= 11 is 0. The van der Waals surface area contributed by atoms with Crippen molar-refractivity contribution < 1.29 is 48.6 Å². The lowest BCUT2D eigenvalue weighted by molar-refractivity contribution is -0.144. The first kappa shape index (κ1) is 54.6. The van der Waals surface area contributed by atoms with Gasteiger partial charge in [0.1, 0.15) is 48.0 Å². The Bertz CT molecular complexity index is 2030. The number of benzene rings is 1. The molecule has 0 unspecified atom stereocenters. The molecule has 1 saturated heterocycles. The van der Waals surface area contributed by atoms with Gasteiger partial charge < -0.3 is 68.8 Å². The first-order valence-electron chi connectivity index (χ1n) is 22.5. The average Bonchev–Trinajstić information content (AvgIpc) is 4.00. The second-order valence-corrected chi connectivity index (χ2v) is 17.2. The molecule has 9 atom stereocenters. The number of aromatic amines is 1. The van der Waals surface area contributed by atoms with Crippen LogP contribution in [0.2, 0.25) is 0 Å². The Labute approximate surface area is 390 Å². The van der Waals surface area contributed by atoms with Crippen LogP contribution >= 0.6 is 0 Å². The topological polar surface area (TPSA) is 358 Å². The number of hydrogen-bond acceptors (Lipinski definition) is 12. The van der Waals surface area contributed by atoms with Crippen molar-refractivity contribution in [1.29, 1.82) is 0 Å². The molecular weight excluding hydrogens is 871 g/mol. The molecule has 0 radical (unpaired) electrons. The lowest BCUT2D eigenvalue weighted by Gasteiger charge is -2.32. The molecule has 23 heteroatoms. The molecule has 23 nitrogen and oxygen atoms in total. The molecule has 1 aromatic carbocycles. The van der Waals surface area contributed by atoms with Crippen molar-refractivity contribution in [2.75, 3.05) is 20.1 Å². The Morgan fingerprint density at radius 1 is 0.806 bits per heavy atom. The molecule has 370 valence electrons. The third kappa shape index (κ3) is 16.9.